The third-order valence-corrected chi connectivity index (χ3v) is 5.02. The van der Waals surface area contributed by atoms with Crippen LogP contribution in [0.1, 0.15) is 11.7 Å². The van der Waals surface area contributed by atoms with E-state index in [1.165, 1.54) is 11.1 Å². The molecular weight excluding hydrogens is 388 g/mol. The Kier molecular flexibility index (Phi) is 5.05. The largest absolute Gasteiger partial charge is 0.378 e. The summed E-state index contributed by atoms with van der Waals surface area (Å²) in [5.41, 5.74) is 4.85. The van der Waals surface area contributed by atoms with Gasteiger partial charge in [-0.15, -0.1) is 0 Å². The molecule has 0 fully saturated rings. The number of nitrogens with one attached hydrogen (secondary N) is 1. The summed E-state index contributed by atoms with van der Waals surface area (Å²) in [5, 5.41) is 12.0. The molecule has 0 radical (unpaired) electrons. The number of nitrogens with zero attached hydrogens (tertiary/aromatic N) is 3. The van der Waals surface area contributed by atoms with Crippen molar-refractivity contribution in [2.45, 2.75) is 6.10 Å². The fraction of sp³-hybridized carbons (Fsp3) is 0.136. The summed E-state index contributed by atoms with van der Waals surface area (Å²) in [6, 6.07) is 11.4. The van der Waals surface area contributed by atoms with Crippen molar-refractivity contribution in [3.05, 3.63) is 71.8 Å². The van der Waals surface area contributed by atoms with Crippen molar-refractivity contribution in [3.8, 4) is 22.3 Å². The number of aromatic amines is 1. The molecule has 4 aromatic rings. The average molecular weight is 407 g/mol. The third-order valence-electron chi connectivity index (χ3n) is 4.77. The number of halogens is 1. The Balaban J connectivity index is 1.75. The van der Waals surface area contributed by atoms with Crippen LogP contribution in [0, 0.1) is 0 Å². The predicted molar refractivity (Wildman–Crippen MR) is 113 cm³/mol. The van der Waals surface area contributed by atoms with Gasteiger partial charge in [-0.2, -0.15) is 0 Å². The zero-order chi connectivity index (χ0) is 20.5. The van der Waals surface area contributed by atoms with Crippen molar-refractivity contribution < 1.29 is 9.90 Å². The zero-order valence-corrected chi connectivity index (χ0v) is 16.7. The van der Waals surface area contributed by atoms with Gasteiger partial charge < -0.3 is 15.0 Å². The molecule has 7 heteroatoms. The minimum absolute atomic E-state index is 0.395. The maximum atomic E-state index is 12.1. The maximum Gasteiger partial charge on any atom is 0.255 e. The highest BCUT2D eigenvalue weighted by Gasteiger charge is 2.20. The Morgan fingerprint density at radius 2 is 1.79 bits per heavy atom. The number of hydrogen-bond acceptors (Lipinski definition) is 4. The van der Waals surface area contributed by atoms with E-state index in [0.29, 0.717) is 10.6 Å². The minimum Gasteiger partial charge on any atom is -0.378 e. The van der Waals surface area contributed by atoms with Gasteiger partial charge in [-0.05, 0) is 29.8 Å². The summed E-state index contributed by atoms with van der Waals surface area (Å²) in [6.45, 7) is 0. The number of pyridine rings is 2. The molecule has 0 spiro atoms. The molecule has 1 amide bonds. The molecule has 4 rings (SSSR count). The molecule has 0 aliphatic heterocycles. The van der Waals surface area contributed by atoms with Gasteiger partial charge in [0.1, 0.15) is 5.65 Å². The van der Waals surface area contributed by atoms with Crippen molar-refractivity contribution in [3.63, 3.8) is 0 Å². The number of likely N-dealkylation sites (N-methyl/N-ethyl adjacent to an activating group) is 1. The van der Waals surface area contributed by atoms with E-state index in [2.05, 4.69) is 15.0 Å². The average Bonchev–Trinajstić information content (AvgIpc) is 3.16. The molecule has 1 atom stereocenters. The number of carbonyl (C=O) groups is 1. The van der Waals surface area contributed by atoms with Gasteiger partial charge in [0.15, 0.2) is 6.10 Å². The zero-order valence-electron chi connectivity index (χ0n) is 15.9. The molecule has 29 heavy (non-hydrogen) atoms. The summed E-state index contributed by atoms with van der Waals surface area (Å²) in [5.74, 6) is -0.395. The molecule has 1 aromatic carbocycles. The Labute approximate surface area is 172 Å². The summed E-state index contributed by atoms with van der Waals surface area (Å²) in [7, 11) is 3.20. The first-order valence-corrected chi connectivity index (χ1v) is 9.39. The standard InChI is InChI=1S/C22H19ClN4O2/c1-27(2)22(29)20(28)16-7-14(9-24-10-16)15-8-18-19(12-26-21(18)25-11-15)13-3-5-17(23)6-4-13/h3-12,20,28H,1-2H3,(H,25,26). The highest BCUT2D eigenvalue weighted by atomic mass is 35.5. The van der Waals surface area contributed by atoms with Crippen molar-refractivity contribution >= 4 is 28.5 Å². The van der Waals surface area contributed by atoms with Crippen LogP contribution < -0.4 is 0 Å². The molecule has 3 aromatic heterocycles. The SMILES string of the molecule is CN(C)C(=O)C(O)c1cncc(-c2cnc3[nH]cc(-c4ccc(Cl)cc4)c3c2)c1. The van der Waals surface area contributed by atoms with Gasteiger partial charge in [0.2, 0.25) is 0 Å². The van der Waals surface area contributed by atoms with Crippen LogP contribution >= 0.6 is 11.6 Å². The fourth-order valence-corrected chi connectivity index (χ4v) is 3.31. The van der Waals surface area contributed by atoms with Crippen molar-refractivity contribution in [1.29, 1.82) is 0 Å². The Hall–Kier alpha value is -3.22. The van der Waals surface area contributed by atoms with Gasteiger partial charge >= 0.3 is 0 Å². The lowest BCUT2D eigenvalue weighted by Crippen LogP contribution is -2.28. The molecule has 3 heterocycles. The highest BCUT2D eigenvalue weighted by molar-refractivity contribution is 6.30. The highest BCUT2D eigenvalue weighted by Crippen LogP contribution is 2.32. The second-order valence-electron chi connectivity index (χ2n) is 6.97. The van der Waals surface area contributed by atoms with Crippen molar-refractivity contribution in [1.82, 2.24) is 19.9 Å². The van der Waals surface area contributed by atoms with Crippen LogP contribution in [0.15, 0.2) is 61.2 Å². The topological polar surface area (TPSA) is 82.1 Å². The molecular formula is C22H19ClN4O2. The molecule has 0 aliphatic rings. The molecule has 6 nitrogen and oxygen atoms in total. The third kappa shape index (κ3) is 3.72. The van der Waals surface area contributed by atoms with Gasteiger partial charge in [-0.3, -0.25) is 9.78 Å². The Bertz CT molecular complexity index is 1190. The molecule has 1 unspecified atom stereocenters. The number of aromatic nitrogens is 3. The van der Waals surface area contributed by atoms with E-state index >= 15 is 0 Å². The lowest BCUT2D eigenvalue weighted by Gasteiger charge is -2.16. The predicted octanol–water partition coefficient (Wildman–Crippen LogP) is 4.07. The number of carbonyl (C=O) groups excluding carboxylic acids is 1. The monoisotopic (exact) mass is 406 g/mol. The van der Waals surface area contributed by atoms with E-state index in [1.54, 1.807) is 32.6 Å². The number of aliphatic hydroxyl groups excluding tert-OH is 1. The van der Waals surface area contributed by atoms with E-state index in [4.69, 9.17) is 11.6 Å². The normalized spacial score (nSPS) is 12.1. The second kappa shape index (κ2) is 7.66. The van der Waals surface area contributed by atoms with Crippen LogP contribution in [0.25, 0.3) is 33.3 Å². The molecule has 146 valence electrons. The molecule has 0 aliphatic carbocycles. The number of hydrogen-bond donors (Lipinski definition) is 2. The van der Waals surface area contributed by atoms with Crippen LogP contribution in [0.4, 0.5) is 0 Å². The molecule has 0 saturated heterocycles. The molecule has 2 N–H and O–H groups in total. The lowest BCUT2D eigenvalue weighted by atomic mass is 10.0. The second-order valence-corrected chi connectivity index (χ2v) is 7.41. The lowest BCUT2D eigenvalue weighted by molar-refractivity contribution is -0.137. The van der Waals surface area contributed by atoms with Crippen LogP contribution in [0.3, 0.4) is 0 Å². The summed E-state index contributed by atoms with van der Waals surface area (Å²) in [6.07, 6.45) is 5.58. The maximum absolute atomic E-state index is 12.1. The van der Waals surface area contributed by atoms with Crippen LogP contribution in [0.5, 0.6) is 0 Å². The Morgan fingerprint density at radius 3 is 2.52 bits per heavy atom. The number of aliphatic hydroxyl groups is 1. The minimum atomic E-state index is -1.26. The van der Waals surface area contributed by atoms with Crippen LogP contribution in [-0.4, -0.2) is 45.0 Å². The van der Waals surface area contributed by atoms with Crippen LogP contribution in [0.2, 0.25) is 5.02 Å². The van der Waals surface area contributed by atoms with Gasteiger partial charge in [-0.25, -0.2) is 4.98 Å². The quantitative estimate of drug-likeness (QED) is 0.535. The van der Waals surface area contributed by atoms with Gasteiger partial charge in [-0.1, -0.05) is 23.7 Å². The number of H-pyrrole nitrogens is 1. The van der Waals surface area contributed by atoms with E-state index in [0.717, 1.165) is 33.3 Å². The van der Waals surface area contributed by atoms with E-state index in [-0.39, 0.29) is 0 Å². The smallest absolute Gasteiger partial charge is 0.255 e. The van der Waals surface area contributed by atoms with Crippen LogP contribution in [-0.2, 0) is 4.79 Å². The van der Waals surface area contributed by atoms with Crippen molar-refractivity contribution in [2.24, 2.45) is 0 Å². The van der Waals surface area contributed by atoms with Crippen molar-refractivity contribution in [2.75, 3.05) is 14.1 Å². The Morgan fingerprint density at radius 1 is 1.07 bits per heavy atom. The number of rotatable bonds is 4. The summed E-state index contributed by atoms with van der Waals surface area (Å²) in [4.78, 5) is 25.3. The first-order valence-electron chi connectivity index (χ1n) is 9.01. The van der Waals surface area contributed by atoms with E-state index in [1.807, 2.05) is 36.5 Å². The number of benzene rings is 1. The van der Waals surface area contributed by atoms with E-state index < -0.39 is 12.0 Å². The molecule has 0 bridgehead atoms. The summed E-state index contributed by atoms with van der Waals surface area (Å²) < 4.78 is 0. The molecule has 0 saturated carbocycles. The van der Waals surface area contributed by atoms with Gasteiger partial charge in [0.25, 0.3) is 5.91 Å². The fourth-order valence-electron chi connectivity index (χ4n) is 3.18. The van der Waals surface area contributed by atoms with Gasteiger partial charge in [0.05, 0.1) is 0 Å². The van der Waals surface area contributed by atoms with E-state index in [9.17, 15) is 9.90 Å². The number of fused-ring (bicyclic) bond motifs is 1. The van der Waals surface area contributed by atoms with Gasteiger partial charge in [0, 0.05) is 71.5 Å². The summed E-state index contributed by atoms with van der Waals surface area (Å²) >= 11 is 6.00. The number of amides is 1. The first kappa shape index (κ1) is 19.1. The first-order chi connectivity index (χ1) is 13.9.